The second kappa shape index (κ2) is 4.31. The first-order chi connectivity index (χ1) is 4.95. The van der Waals surface area contributed by atoms with Gasteiger partial charge in [0.1, 0.15) is 6.04 Å². The second-order valence-electron chi connectivity index (χ2n) is 2.75. The number of hydrogen-bond acceptors (Lipinski definition) is 3. The van der Waals surface area contributed by atoms with E-state index in [1.807, 2.05) is 13.8 Å². The van der Waals surface area contributed by atoms with E-state index >= 15 is 0 Å². The van der Waals surface area contributed by atoms with E-state index < -0.39 is 18.1 Å². The average molecular weight is 161 g/mol. The third-order valence-electron chi connectivity index (χ3n) is 1.28. The topological polar surface area (TPSA) is 72.5 Å². The first-order valence-electron chi connectivity index (χ1n) is 3.59. The molecule has 0 aromatic rings. The van der Waals surface area contributed by atoms with Crippen molar-refractivity contribution in [1.29, 1.82) is 0 Å². The van der Waals surface area contributed by atoms with Crippen molar-refractivity contribution < 1.29 is 14.6 Å². The summed E-state index contributed by atoms with van der Waals surface area (Å²) in [6.45, 7) is 5.33. The third-order valence-corrected chi connectivity index (χ3v) is 1.28. The van der Waals surface area contributed by atoms with Crippen molar-refractivity contribution in [3.8, 4) is 0 Å². The van der Waals surface area contributed by atoms with Gasteiger partial charge in [-0.15, -0.1) is 0 Å². The number of hydrogen-bond donors (Lipinski definition) is 2. The lowest BCUT2D eigenvalue weighted by atomic mass is 10.2. The molecule has 0 rings (SSSR count). The van der Waals surface area contributed by atoms with Crippen molar-refractivity contribution in [2.75, 3.05) is 0 Å². The number of carboxylic acids is 1. The summed E-state index contributed by atoms with van der Waals surface area (Å²) >= 11 is 0. The zero-order valence-electron chi connectivity index (χ0n) is 7.07. The van der Waals surface area contributed by atoms with Crippen molar-refractivity contribution in [2.45, 2.75) is 39.0 Å². The Hall–Kier alpha value is -0.610. The minimum Gasteiger partial charge on any atom is -0.480 e. The van der Waals surface area contributed by atoms with Crippen LogP contribution in [0.3, 0.4) is 0 Å². The van der Waals surface area contributed by atoms with Crippen LogP contribution in [0.4, 0.5) is 0 Å². The standard InChI is InChI=1S/C7H15NO3/c1-4(2)11-5(3)6(8)7(9)10/h4-6H,8H2,1-3H3,(H,9,10). The van der Waals surface area contributed by atoms with Gasteiger partial charge in [0.05, 0.1) is 12.2 Å². The molecule has 0 aromatic heterocycles. The van der Waals surface area contributed by atoms with Crippen LogP contribution in [-0.2, 0) is 9.53 Å². The molecule has 0 radical (unpaired) electrons. The Morgan fingerprint density at radius 1 is 1.45 bits per heavy atom. The smallest absolute Gasteiger partial charge is 0.323 e. The third kappa shape index (κ3) is 3.95. The van der Waals surface area contributed by atoms with Crippen LogP contribution in [0.15, 0.2) is 0 Å². The molecule has 0 saturated heterocycles. The summed E-state index contributed by atoms with van der Waals surface area (Å²) in [6.07, 6.45) is -0.428. The molecule has 0 bridgehead atoms. The molecule has 0 spiro atoms. The molecule has 0 aliphatic heterocycles. The molecule has 0 heterocycles. The largest absolute Gasteiger partial charge is 0.480 e. The molecular weight excluding hydrogens is 146 g/mol. The highest BCUT2D eigenvalue weighted by Gasteiger charge is 2.20. The van der Waals surface area contributed by atoms with Crippen LogP contribution in [0.2, 0.25) is 0 Å². The van der Waals surface area contributed by atoms with Crippen molar-refractivity contribution in [2.24, 2.45) is 5.73 Å². The van der Waals surface area contributed by atoms with E-state index in [2.05, 4.69) is 0 Å². The van der Waals surface area contributed by atoms with E-state index in [9.17, 15) is 4.79 Å². The van der Waals surface area contributed by atoms with Crippen LogP contribution in [0.5, 0.6) is 0 Å². The summed E-state index contributed by atoms with van der Waals surface area (Å²) in [5.74, 6) is -1.03. The summed E-state index contributed by atoms with van der Waals surface area (Å²) in [4.78, 5) is 10.3. The first-order valence-corrected chi connectivity index (χ1v) is 3.59. The molecule has 0 amide bonds. The highest BCUT2D eigenvalue weighted by molar-refractivity contribution is 5.73. The lowest BCUT2D eigenvalue weighted by molar-refractivity contribution is -0.142. The minimum absolute atomic E-state index is 0.00963. The fraction of sp³-hybridized carbons (Fsp3) is 0.857. The Kier molecular flexibility index (Phi) is 4.07. The molecule has 2 unspecified atom stereocenters. The van der Waals surface area contributed by atoms with Crippen LogP contribution >= 0.6 is 0 Å². The number of nitrogens with two attached hydrogens (primary N) is 1. The predicted molar refractivity (Wildman–Crippen MR) is 41.3 cm³/mol. The van der Waals surface area contributed by atoms with Crippen molar-refractivity contribution in [1.82, 2.24) is 0 Å². The fourth-order valence-corrected chi connectivity index (χ4v) is 0.715. The molecular formula is C7H15NO3. The average Bonchev–Trinajstić information content (AvgIpc) is 1.84. The monoisotopic (exact) mass is 161 g/mol. The Bertz CT molecular complexity index is 136. The molecule has 2 atom stereocenters. The zero-order valence-corrected chi connectivity index (χ0v) is 7.07. The molecule has 66 valence electrons. The molecule has 0 aliphatic rings. The number of ether oxygens (including phenoxy) is 1. The lowest BCUT2D eigenvalue weighted by Crippen LogP contribution is -2.42. The first kappa shape index (κ1) is 10.4. The summed E-state index contributed by atoms with van der Waals surface area (Å²) < 4.78 is 5.17. The van der Waals surface area contributed by atoms with Crippen LogP contribution in [0.25, 0.3) is 0 Å². The van der Waals surface area contributed by atoms with E-state index in [0.717, 1.165) is 0 Å². The Morgan fingerprint density at radius 3 is 2.18 bits per heavy atom. The van der Waals surface area contributed by atoms with E-state index in [0.29, 0.717) is 0 Å². The van der Waals surface area contributed by atoms with Gasteiger partial charge in [-0.25, -0.2) is 0 Å². The number of carboxylic acid groups (broad SMARTS) is 1. The fourth-order valence-electron chi connectivity index (χ4n) is 0.715. The van der Waals surface area contributed by atoms with E-state index in [-0.39, 0.29) is 6.10 Å². The van der Waals surface area contributed by atoms with Gasteiger partial charge in [0.2, 0.25) is 0 Å². The molecule has 11 heavy (non-hydrogen) atoms. The normalized spacial score (nSPS) is 16.5. The van der Waals surface area contributed by atoms with Crippen LogP contribution in [-0.4, -0.2) is 29.3 Å². The predicted octanol–water partition coefficient (Wildman–Crippen LogP) is 0.212. The number of aliphatic carboxylic acids is 1. The van der Waals surface area contributed by atoms with Crippen molar-refractivity contribution >= 4 is 5.97 Å². The lowest BCUT2D eigenvalue weighted by Gasteiger charge is -2.18. The molecule has 0 aromatic carbocycles. The summed E-state index contributed by atoms with van der Waals surface area (Å²) in [5.41, 5.74) is 5.28. The molecule has 0 saturated carbocycles. The molecule has 3 N–H and O–H groups in total. The number of rotatable bonds is 4. The van der Waals surface area contributed by atoms with Gasteiger partial charge < -0.3 is 15.6 Å². The quantitative estimate of drug-likeness (QED) is 0.618. The Balaban J connectivity index is 3.82. The van der Waals surface area contributed by atoms with Crippen molar-refractivity contribution in [3.63, 3.8) is 0 Å². The van der Waals surface area contributed by atoms with E-state index in [1.54, 1.807) is 6.92 Å². The van der Waals surface area contributed by atoms with Gasteiger partial charge in [-0.3, -0.25) is 4.79 Å². The number of carbonyl (C=O) groups is 1. The minimum atomic E-state index is -1.03. The zero-order chi connectivity index (χ0) is 9.02. The SMILES string of the molecule is CC(C)OC(C)C(N)C(=O)O. The van der Waals surface area contributed by atoms with Gasteiger partial charge in [-0.1, -0.05) is 0 Å². The molecule has 0 aliphatic carbocycles. The maximum atomic E-state index is 10.3. The Labute approximate surface area is 66.3 Å². The van der Waals surface area contributed by atoms with Gasteiger partial charge in [-0.2, -0.15) is 0 Å². The summed E-state index contributed by atoms with van der Waals surface area (Å²) in [5, 5.41) is 8.46. The van der Waals surface area contributed by atoms with Crippen molar-refractivity contribution in [3.05, 3.63) is 0 Å². The highest BCUT2D eigenvalue weighted by atomic mass is 16.5. The van der Waals surface area contributed by atoms with Gasteiger partial charge in [0.25, 0.3) is 0 Å². The van der Waals surface area contributed by atoms with Gasteiger partial charge in [0, 0.05) is 0 Å². The maximum absolute atomic E-state index is 10.3. The highest BCUT2D eigenvalue weighted by Crippen LogP contribution is 2.00. The van der Waals surface area contributed by atoms with Crippen LogP contribution in [0, 0.1) is 0 Å². The van der Waals surface area contributed by atoms with Crippen LogP contribution < -0.4 is 5.73 Å². The Morgan fingerprint density at radius 2 is 1.91 bits per heavy atom. The maximum Gasteiger partial charge on any atom is 0.323 e. The van der Waals surface area contributed by atoms with E-state index in [1.165, 1.54) is 0 Å². The molecule has 4 nitrogen and oxygen atoms in total. The van der Waals surface area contributed by atoms with E-state index in [4.69, 9.17) is 15.6 Å². The summed E-state index contributed by atoms with van der Waals surface area (Å²) in [6, 6.07) is -0.933. The second-order valence-corrected chi connectivity index (χ2v) is 2.75. The molecule has 4 heteroatoms. The van der Waals surface area contributed by atoms with Gasteiger partial charge in [-0.05, 0) is 20.8 Å². The van der Waals surface area contributed by atoms with Gasteiger partial charge in [0.15, 0.2) is 0 Å². The van der Waals surface area contributed by atoms with Crippen LogP contribution in [0.1, 0.15) is 20.8 Å². The van der Waals surface area contributed by atoms with Gasteiger partial charge >= 0.3 is 5.97 Å². The molecule has 0 fully saturated rings. The summed E-state index contributed by atoms with van der Waals surface area (Å²) in [7, 11) is 0.